The summed E-state index contributed by atoms with van der Waals surface area (Å²) in [4.78, 5) is 16.7. The number of para-hydroxylation sites is 1. The monoisotopic (exact) mass is 354 g/mol. The fraction of sp³-hybridized carbons (Fsp3) is 0.611. The normalized spacial score (nSPS) is 16.6. The van der Waals surface area contributed by atoms with E-state index in [0.717, 1.165) is 39.1 Å². The van der Waals surface area contributed by atoms with Crippen molar-refractivity contribution in [3.63, 3.8) is 0 Å². The maximum Gasteiger partial charge on any atom is 0.237 e. The van der Waals surface area contributed by atoms with Crippen molar-refractivity contribution in [3.8, 4) is 0 Å². The van der Waals surface area contributed by atoms with Crippen molar-refractivity contribution in [1.82, 2.24) is 10.2 Å². The summed E-state index contributed by atoms with van der Waals surface area (Å²) in [6.45, 7) is 9.96. The number of piperazine rings is 1. The third-order valence-corrected chi connectivity index (χ3v) is 4.46. The van der Waals surface area contributed by atoms with Crippen LogP contribution in [0.25, 0.3) is 0 Å². The molecule has 0 aromatic heterocycles. The van der Waals surface area contributed by atoms with Crippen LogP contribution in [0, 0.1) is 5.92 Å². The number of carbonyl (C=O) groups is 1. The molecule has 2 rings (SSSR count). The highest BCUT2D eigenvalue weighted by Gasteiger charge is 2.18. The molecule has 5 nitrogen and oxygen atoms in total. The number of amides is 1. The number of nitrogens with zero attached hydrogens (tertiary/aromatic N) is 2. The molecule has 1 heterocycles. The van der Waals surface area contributed by atoms with E-state index in [1.165, 1.54) is 5.69 Å². The number of halogens is 1. The van der Waals surface area contributed by atoms with Crippen molar-refractivity contribution in [2.24, 2.45) is 11.7 Å². The zero-order valence-corrected chi connectivity index (χ0v) is 15.6. The van der Waals surface area contributed by atoms with Crippen LogP contribution < -0.4 is 16.0 Å². The number of nitrogens with two attached hydrogens (primary N) is 1. The van der Waals surface area contributed by atoms with E-state index in [0.29, 0.717) is 6.54 Å². The summed E-state index contributed by atoms with van der Waals surface area (Å²) in [5, 5.41) is 2.94. The Hall–Kier alpha value is -1.30. The predicted octanol–water partition coefficient (Wildman–Crippen LogP) is 1.72. The van der Waals surface area contributed by atoms with Crippen LogP contribution >= 0.6 is 12.4 Å². The molecule has 1 aliphatic heterocycles. The number of carbonyl (C=O) groups excluding carboxylic acids is 1. The molecule has 0 spiro atoms. The van der Waals surface area contributed by atoms with Crippen molar-refractivity contribution >= 4 is 24.0 Å². The Labute approximate surface area is 152 Å². The average Bonchev–Trinajstić information content (AvgIpc) is 2.59. The zero-order valence-electron chi connectivity index (χ0n) is 14.8. The SMILES string of the molecule is CC(C)[C@H](N)C(=O)NCCCN1CCN(c2ccccc2)CC1.Cl. The third-order valence-electron chi connectivity index (χ3n) is 4.46. The lowest BCUT2D eigenvalue weighted by atomic mass is 10.1. The number of anilines is 1. The molecule has 1 fully saturated rings. The fourth-order valence-electron chi connectivity index (χ4n) is 2.80. The first-order valence-corrected chi connectivity index (χ1v) is 8.63. The molecule has 0 aliphatic carbocycles. The van der Waals surface area contributed by atoms with Gasteiger partial charge in [-0.3, -0.25) is 9.69 Å². The van der Waals surface area contributed by atoms with Crippen molar-refractivity contribution in [1.29, 1.82) is 0 Å². The summed E-state index contributed by atoms with van der Waals surface area (Å²) >= 11 is 0. The minimum absolute atomic E-state index is 0. The molecular weight excluding hydrogens is 324 g/mol. The second-order valence-corrected chi connectivity index (χ2v) is 6.58. The Bertz CT molecular complexity index is 475. The van der Waals surface area contributed by atoms with Gasteiger partial charge in [-0.1, -0.05) is 32.0 Å². The maximum atomic E-state index is 11.8. The van der Waals surface area contributed by atoms with E-state index in [1.807, 2.05) is 13.8 Å². The predicted molar refractivity (Wildman–Crippen MR) is 103 cm³/mol. The van der Waals surface area contributed by atoms with Gasteiger partial charge in [-0.05, 0) is 31.0 Å². The molecule has 6 heteroatoms. The Morgan fingerprint density at radius 3 is 2.38 bits per heavy atom. The van der Waals surface area contributed by atoms with Crippen LogP contribution in [0.3, 0.4) is 0 Å². The van der Waals surface area contributed by atoms with Crippen LogP contribution in [0.4, 0.5) is 5.69 Å². The minimum Gasteiger partial charge on any atom is -0.369 e. The van der Waals surface area contributed by atoms with E-state index in [4.69, 9.17) is 5.73 Å². The number of benzene rings is 1. The van der Waals surface area contributed by atoms with Crippen LogP contribution in [0.1, 0.15) is 20.3 Å². The van der Waals surface area contributed by atoms with E-state index in [9.17, 15) is 4.79 Å². The summed E-state index contributed by atoms with van der Waals surface area (Å²) in [7, 11) is 0. The molecule has 24 heavy (non-hydrogen) atoms. The second-order valence-electron chi connectivity index (χ2n) is 6.58. The van der Waals surface area contributed by atoms with E-state index in [1.54, 1.807) is 0 Å². The molecule has 1 aromatic rings. The summed E-state index contributed by atoms with van der Waals surface area (Å²) in [5.74, 6) is 0.148. The molecule has 0 unspecified atom stereocenters. The molecule has 1 atom stereocenters. The van der Waals surface area contributed by atoms with Crippen molar-refractivity contribution < 1.29 is 4.79 Å². The minimum atomic E-state index is -0.399. The van der Waals surface area contributed by atoms with Gasteiger partial charge in [-0.25, -0.2) is 0 Å². The van der Waals surface area contributed by atoms with Crippen molar-refractivity contribution in [2.45, 2.75) is 26.3 Å². The van der Waals surface area contributed by atoms with Gasteiger partial charge in [0.1, 0.15) is 0 Å². The van der Waals surface area contributed by atoms with Crippen molar-refractivity contribution in [3.05, 3.63) is 30.3 Å². The van der Waals surface area contributed by atoms with Gasteiger partial charge < -0.3 is 16.0 Å². The molecule has 0 radical (unpaired) electrons. The molecule has 0 bridgehead atoms. The van der Waals surface area contributed by atoms with Crippen LogP contribution in [-0.4, -0.2) is 56.1 Å². The Morgan fingerprint density at radius 2 is 1.79 bits per heavy atom. The number of hydrogen-bond acceptors (Lipinski definition) is 4. The Balaban J connectivity index is 0.00000288. The van der Waals surface area contributed by atoms with Gasteiger partial charge in [0.25, 0.3) is 0 Å². The van der Waals surface area contributed by atoms with Crippen LogP contribution in [-0.2, 0) is 4.79 Å². The van der Waals surface area contributed by atoms with Gasteiger partial charge in [0.05, 0.1) is 6.04 Å². The first kappa shape index (κ1) is 20.7. The average molecular weight is 355 g/mol. The van der Waals surface area contributed by atoms with Gasteiger partial charge >= 0.3 is 0 Å². The Morgan fingerprint density at radius 1 is 1.17 bits per heavy atom. The van der Waals surface area contributed by atoms with E-state index >= 15 is 0 Å². The second kappa shape index (κ2) is 10.5. The highest BCUT2D eigenvalue weighted by Crippen LogP contribution is 2.15. The number of nitrogens with one attached hydrogen (secondary N) is 1. The fourth-order valence-corrected chi connectivity index (χ4v) is 2.80. The number of rotatable bonds is 7. The molecule has 136 valence electrons. The maximum absolute atomic E-state index is 11.8. The van der Waals surface area contributed by atoms with E-state index in [-0.39, 0.29) is 24.2 Å². The van der Waals surface area contributed by atoms with Gasteiger partial charge in [-0.2, -0.15) is 0 Å². The lowest BCUT2D eigenvalue weighted by Gasteiger charge is -2.36. The molecular formula is C18H31ClN4O. The molecule has 0 saturated carbocycles. The first-order chi connectivity index (χ1) is 11.1. The lowest BCUT2D eigenvalue weighted by Crippen LogP contribution is -2.47. The topological polar surface area (TPSA) is 61.6 Å². The summed E-state index contributed by atoms with van der Waals surface area (Å²) in [6, 6.07) is 10.2. The quantitative estimate of drug-likeness (QED) is 0.732. The summed E-state index contributed by atoms with van der Waals surface area (Å²) < 4.78 is 0. The standard InChI is InChI=1S/C18H30N4O.ClH/c1-15(2)17(19)18(23)20-9-6-10-21-11-13-22(14-12-21)16-7-4-3-5-8-16;/h3-5,7-8,15,17H,6,9-14,19H2,1-2H3,(H,20,23);1H/t17-;/m0./s1. The summed E-state index contributed by atoms with van der Waals surface area (Å²) in [5.41, 5.74) is 7.14. The zero-order chi connectivity index (χ0) is 16.7. The first-order valence-electron chi connectivity index (χ1n) is 8.63. The van der Waals surface area contributed by atoms with Crippen LogP contribution in [0.5, 0.6) is 0 Å². The van der Waals surface area contributed by atoms with Gasteiger partial charge in [-0.15, -0.1) is 12.4 Å². The Kier molecular flexibility index (Phi) is 9.11. The van der Waals surface area contributed by atoms with Gasteiger partial charge in [0, 0.05) is 38.4 Å². The van der Waals surface area contributed by atoms with Crippen LogP contribution in [0.15, 0.2) is 30.3 Å². The van der Waals surface area contributed by atoms with E-state index < -0.39 is 6.04 Å². The van der Waals surface area contributed by atoms with E-state index in [2.05, 4.69) is 45.4 Å². The largest absolute Gasteiger partial charge is 0.369 e. The van der Waals surface area contributed by atoms with Crippen molar-refractivity contribution in [2.75, 3.05) is 44.2 Å². The smallest absolute Gasteiger partial charge is 0.237 e. The lowest BCUT2D eigenvalue weighted by molar-refractivity contribution is -0.123. The molecule has 1 aliphatic rings. The highest BCUT2D eigenvalue weighted by molar-refractivity contribution is 5.85. The van der Waals surface area contributed by atoms with Gasteiger partial charge in [0.15, 0.2) is 0 Å². The molecule has 1 saturated heterocycles. The molecule has 1 amide bonds. The molecule has 1 aromatic carbocycles. The summed E-state index contributed by atoms with van der Waals surface area (Å²) in [6.07, 6.45) is 0.974. The number of hydrogen-bond donors (Lipinski definition) is 2. The third kappa shape index (κ3) is 6.30. The van der Waals surface area contributed by atoms with Crippen LogP contribution in [0.2, 0.25) is 0 Å². The molecule has 3 N–H and O–H groups in total. The van der Waals surface area contributed by atoms with Gasteiger partial charge in [0.2, 0.25) is 5.91 Å². The highest BCUT2D eigenvalue weighted by atomic mass is 35.5.